The van der Waals surface area contributed by atoms with Gasteiger partial charge >= 0.3 is 0 Å². The first-order valence-corrected chi connectivity index (χ1v) is 5.87. The molecule has 15 heavy (non-hydrogen) atoms. The molecule has 1 aromatic rings. The number of aryl methyl sites for hydroxylation is 1. The maximum Gasteiger partial charge on any atom is 0.0492 e. The summed E-state index contributed by atoms with van der Waals surface area (Å²) in [5.41, 5.74) is 1.34. The van der Waals surface area contributed by atoms with Gasteiger partial charge in [-0.15, -0.1) is 0 Å². The van der Waals surface area contributed by atoms with Crippen LogP contribution in [-0.2, 0) is 13.0 Å². The summed E-state index contributed by atoms with van der Waals surface area (Å²) in [5, 5.41) is 7.74. The molecule has 0 saturated heterocycles. The van der Waals surface area contributed by atoms with E-state index in [1.165, 1.54) is 5.69 Å². The molecule has 0 spiro atoms. The second-order valence-electron chi connectivity index (χ2n) is 4.51. The Bertz CT molecular complexity index is 278. The standard InChI is InChI=1S/C12H23N3/c1-5-15-12(6-7-14-15)8-11(4)9-13-10(2)3/h6-7,10-11,13H,5,8-9H2,1-4H3. The van der Waals surface area contributed by atoms with E-state index in [-0.39, 0.29) is 0 Å². The van der Waals surface area contributed by atoms with Crippen molar-refractivity contribution >= 4 is 0 Å². The van der Waals surface area contributed by atoms with Crippen LogP contribution in [0, 0.1) is 5.92 Å². The maximum atomic E-state index is 4.28. The molecule has 0 saturated carbocycles. The van der Waals surface area contributed by atoms with E-state index in [1.807, 2.05) is 6.20 Å². The predicted molar refractivity (Wildman–Crippen MR) is 63.9 cm³/mol. The van der Waals surface area contributed by atoms with Crippen molar-refractivity contribution in [2.75, 3.05) is 6.54 Å². The minimum absolute atomic E-state index is 0.573. The van der Waals surface area contributed by atoms with Crippen molar-refractivity contribution in [2.45, 2.75) is 46.7 Å². The maximum absolute atomic E-state index is 4.28. The van der Waals surface area contributed by atoms with Gasteiger partial charge in [0.05, 0.1) is 0 Å². The summed E-state index contributed by atoms with van der Waals surface area (Å²) < 4.78 is 2.08. The van der Waals surface area contributed by atoms with Crippen LogP contribution in [0.1, 0.15) is 33.4 Å². The molecule has 0 aliphatic heterocycles. The minimum Gasteiger partial charge on any atom is -0.314 e. The third-order valence-corrected chi connectivity index (χ3v) is 2.54. The summed E-state index contributed by atoms with van der Waals surface area (Å²) in [4.78, 5) is 0. The third-order valence-electron chi connectivity index (χ3n) is 2.54. The molecule has 1 aromatic heterocycles. The summed E-state index contributed by atoms with van der Waals surface area (Å²) in [6.07, 6.45) is 3.00. The molecule has 0 aliphatic rings. The van der Waals surface area contributed by atoms with Crippen LogP contribution in [0.2, 0.25) is 0 Å². The Hall–Kier alpha value is -0.830. The number of hydrogen-bond donors (Lipinski definition) is 1. The Balaban J connectivity index is 2.40. The van der Waals surface area contributed by atoms with Crippen LogP contribution in [0.4, 0.5) is 0 Å². The normalized spacial score (nSPS) is 13.4. The fourth-order valence-corrected chi connectivity index (χ4v) is 1.68. The molecule has 0 radical (unpaired) electrons. The van der Waals surface area contributed by atoms with Gasteiger partial charge in [0.25, 0.3) is 0 Å². The Morgan fingerprint density at radius 3 is 2.73 bits per heavy atom. The average molecular weight is 209 g/mol. The molecule has 1 unspecified atom stereocenters. The Morgan fingerprint density at radius 2 is 2.13 bits per heavy atom. The van der Waals surface area contributed by atoms with Crippen LogP contribution in [0.3, 0.4) is 0 Å². The van der Waals surface area contributed by atoms with Crippen molar-refractivity contribution in [1.82, 2.24) is 15.1 Å². The number of hydrogen-bond acceptors (Lipinski definition) is 2. The highest BCUT2D eigenvalue weighted by atomic mass is 15.3. The number of nitrogens with one attached hydrogen (secondary N) is 1. The van der Waals surface area contributed by atoms with Gasteiger partial charge in [0, 0.05) is 24.5 Å². The molecule has 0 aromatic carbocycles. The molecule has 1 N–H and O–H groups in total. The number of aromatic nitrogens is 2. The monoisotopic (exact) mass is 209 g/mol. The molecule has 3 nitrogen and oxygen atoms in total. The molecule has 0 fully saturated rings. The SMILES string of the molecule is CCn1nccc1CC(C)CNC(C)C. The fourth-order valence-electron chi connectivity index (χ4n) is 1.68. The highest BCUT2D eigenvalue weighted by Crippen LogP contribution is 2.07. The van der Waals surface area contributed by atoms with Crippen LogP contribution < -0.4 is 5.32 Å². The Labute approximate surface area is 92.9 Å². The lowest BCUT2D eigenvalue weighted by atomic mass is 10.1. The summed E-state index contributed by atoms with van der Waals surface area (Å²) in [6, 6.07) is 2.69. The molecule has 3 heteroatoms. The zero-order valence-corrected chi connectivity index (χ0v) is 10.3. The quantitative estimate of drug-likeness (QED) is 0.777. The first-order valence-electron chi connectivity index (χ1n) is 5.87. The van der Waals surface area contributed by atoms with Crippen molar-refractivity contribution < 1.29 is 0 Å². The van der Waals surface area contributed by atoms with Gasteiger partial charge < -0.3 is 5.32 Å². The fraction of sp³-hybridized carbons (Fsp3) is 0.750. The van der Waals surface area contributed by atoms with Gasteiger partial charge in [-0.25, -0.2) is 0 Å². The first-order chi connectivity index (χ1) is 7.13. The second kappa shape index (κ2) is 5.91. The minimum atomic E-state index is 0.573. The van der Waals surface area contributed by atoms with Crippen LogP contribution >= 0.6 is 0 Å². The highest BCUT2D eigenvalue weighted by Gasteiger charge is 2.07. The largest absolute Gasteiger partial charge is 0.314 e. The van der Waals surface area contributed by atoms with E-state index in [4.69, 9.17) is 0 Å². The summed E-state index contributed by atoms with van der Waals surface area (Å²) in [6.45, 7) is 10.8. The Kier molecular flexibility index (Phi) is 4.82. The third kappa shape index (κ3) is 4.04. The molecule has 86 valence electrons. The summed E-state index contributed by atoms with van der Waals surface area (Å²) >= 11 is 0. The van der Waals surface area contributed by atoms with E-state index in [1.54, 1.807) is 0 Å². The lowest BCUT2D eigenvalue weighted by molar-refractivity contribution is 0.461. The van der Waals surface area contributed by atoms with Gasteiger partial charge in [0.15, 0.2) is 0 Å². The smallest absolute Gasteiger partial charge is 0.0492 e. The van der Waals surface area contributed by atoms with Gasteiger partial charge in [-0.05, 0) is 31.9 Å². The predicted octanol–water partition coefficient (Wildman–Crippen LogP) is 2.08. The lowest BCUT2D eigenvalue weighted by Crippen LogP contribution is -2.29. The van der Waals surface area contributed by atoms with Gasteiger partial charge in [-0.3, -0.25) is 4.68 Å². The van der Waals surface area contributed by atoms with E-state index >= 15 is 0 Å². The van der Waals surface area contributed by atoms with Crippen molar-refractivity contribution in [1.29, 1.82) is 0 Å². The van der Waals surface area contributed by atoms with E-state index in [0.29, 0.717) is 12.0 Å². The summed E-state index contributed by atoms with van der Waals surface area (Å²) in [5.74, 6) is 0.661. The van der Waals surface area contributed by atoms with Crippen LogP contribution in [-0.4, -0.2) is 22.4 Å². The molecular weight excluding hydrogens is 186 g/mol. The molecule has 0 bridgehead atoms. The van der Waals surface area contributed by atoms with Crippen LogP contribution in [0.5, 0.6) is 0 Å². The van der Waals surface area contributed by atoms with Crippen molar-refractivity contribution in [2.24, 2.45) is 5.92 Å². The van der Waals surface area contributed by atoms with Gasteiger partial charge in [0.1, 0.15) is 0 Å². The zero-order valence-electron chi connectivity index (χ0n) is 10.3. The lowest BCUT2D eigenvalue weighted by Gasteiger charge is -2.15. The van der Waals surface area contributed by atoms with Crippen LogP contribution in [0.25, 0.3) is 0 Å². The molecule has 1 heterocycles. The van der Waals surface area contributed by atoms with E-state index in [2.05, 4.69) is 48.9 Å². The second-order valence-corrected chi connectivity index (χ2v) is 4.51. The van der Waals surface area contributed by atoms with Crippen molar-refractivity contribution in [3.05, 3.63) is 18.0 Å². The van der Waals surface area contributed by atoms with Gasteiger partial charge in [-0.2, -0.15) is 5.10 Å². The topological polar surface area (TPSA) is 29.9 Å². The molecular formula is C12H23N3. The van der Waals surface area contributed by atoms with Crippen molar-refractivity contribution in [3.8, 4) is 0 Å². The number of rotatable bonds is 6. The number of nitrogens with zero attached hydrogens (tertiary/aromatic N) is 2. The molecule has 0 amide bonds. The zero-order chi connectivity index (χ0) is 11.3. The summed E-state index contributed by atoms with van der Waals surface area (Å²) in [7, 11) is 0. The molecule has 1 rings (SSSR count). The van der Waals surface area contributed by atoms with Gasteiger partial charge in [-0.1, -0.05) is 20.8 Å². The molecule has 0 aliphatic carbocycles. The average Bonchev–Trinajstić information content (AvgIpc) is 2.62. The van der Waals surface area contributed by atoms with Gasteiger partial charge in [0.2, 0.25) is 0 Å². The molecule has 1 atom stereocenters. The van der Waals surface area contributed by atoms with E-state index < -0.39 is 0 Å². The van der Waals surface area contributed by atoms with E-state index in [9.17, 15) is 0 Å². The highest BCUT2D eigenvalue weighted by molar-refractivity contribution is 5.01. The Morgan fingerprint density at radius 1 is 1.40 bits per heavy atom. The van der Waals surface area contributed by atoms with Crippen LogP contribution in [0.15, 0.2) is 12.3 Å². The van der Waals surface area contributed by atoms with Crippen molar-refractivity contribution in [3.63, 3.8) is 0 Å². The van der Waals surface area contributed by atoms with E-state index in [0.717, 1.165) is 19.5 Å². The first kappa shape index (κ1) is 12.2.